The van der Waals surface area contributed by atoms with Crippen LogP contribution in [0.1, 0.15) is 40.4 Å². The van der Waals surface area contributed by atoms with E-state index in [1.165, 1.54) is 19.8 Å². The number of carbonyl (C=O) groups is 1. The molecule has 6 nitrogen and oxygen atoms in total. The molecule has 2 aromatic carbocycles. The Kier molecular flexibility index (Phi) is 6.80. The van der Waals surface area contributed by atoms with E-state index in [1.54, 1.807) is 19.2 Å². The summed E-state index contributed by atoms with van der Waals surface area (Å²) in [6, 6.07) is 9.20. The van der Waals surface area contributed by atoms with Gasteiger partial charge in [-0.25, -0.2) is 0 Å². The molecule has 7 heteroatoms. The van der Waals surface area contributed by atoms with Crippen molar-refractivity contribution in [3.63, 3.8) is 0 Å². The molecule has 0 saturated heterocycles. The standard InChI is InChI=1S/C20H24N2O4.ClH/c1-24-17-10-9-15(18(25-2)19(17)26-3)20(23)22-16-6-4-5-12-11-13(21)7-8-14(12)16;/h7-11,16H,4-6,21H2,1-3H3,(H,22,23);1H. The zero-order valence-electron chi connectivity index (χ0n) is 15.7. The fourth-order valence-corrected chi connectivity index (χ4v) is 3.50. The molecule has 0 fully saturated rings. The molecule has 0 saturated carbocycles. The van der Waals surface area contributed by atoms with Gasteiger partial charge in [0.2, 0.25) is 5.75 Å². The molecule has 2 aromatic rings. The lowest BCUT2D eigenvalue weighted by molar-refractivity contribution is 0.0929. The topological polar surface area (TPSA) is 82.8 Å². The third-order valence-electron chi connectivity index (χ3n) is 4.74. The number of anilines is 1. The summed E-state index contributed by atoms with van der Waals surface area (Å²) in [5, 5.41) is 3.12. The number of benzene rings is 2. The molecule has 0 bridgehead atoms. The highest BCUT2D eigenvalue weighted by Crippen LogP contribution is 2.40. The molecular weight excluding hydrogens is 368 g/mol. The fraction of sp³-hybridized carbons (Fsp3) is 0.350. The first-order valence-corrected chi connectivity index (χ1v) is 8.57. The third kappa shape index (κ3) is 4.06. The second kappa shape index (κ2) is 8.86. The van der Waals surface area contributed by atoms with Gasteiger partial charge in [0.05, 0.1) is 32.9 Å². The van der Waals surface area contributed by atoms with E-state index in [0.29, 0.717) is 22.8 Å². The zero-order chi connectivity index (χ0) is 18.7. The van der Waals surface area contributed by atoms with Crippen molar-refractivity contribution in [1.29, 1.82) is 0 Å². The minimum atomic E-state index is -0.211. The number of nitrogens with two attached hydrogens (primary N) is 1. The second-order valence-electron chi connectivity index (χ2n) is 6.26. The second-order valence-corrected chi connectivity index (χ2v) is 6.26. The largest absolute Gasteiger partial charge is 0.493 e. The van der Waals surface area contributed by atoms with E-state index >= 15 is 0 Å². The number of aryl methyl sites for hydroxylation is 1. The molecule has 3 rings (SSSR count). The predicted octanol–water partition coefficient (Wildman–Crippen LogP) is 3.52. The molecule has 0 aromatic heterocycles. The lowest BCUT2D eigenvalue weighted by Gasteiger charge is -2.27. The fourth-order valence-electron chi connectivity index (χ4n) is 3.50. The third-order valence-corrected chi connectivity index (χ3v) is 4.74. The number of hydrogen-bond acceptors (Lipinski definition) is 5. The van der Waals surface area contributed by atoms with E-state index in [2.05, 4.69) is 5.32 Å². The van der Waals surface area contributed by atoms with Gasteiger partial charge in [0, 0.05) is 5.69 Å². The lowest BCUT2D eigenvalue weighted by atomic mass is 9.87. The molecule has 27 heavy (non-hydrogen) atoms. The van der Waals surface area contributed by atoms with Crippen LogP contribution < -0.4 is 25.3 Å². The normalized spacial score (nSPS) is 15.1. The summed E-state index contributed by atoms with van der Waals surface area (Å²) in [6.45, 7) is 0. The SMILES string of the molecule is COc1ccc(C(=O)NC2CCCc3cc(N)ccc32)c(OC)c1OC.Cl. The molecule has 1 aliphatic carbocycles. The van der Waals surface area contributed by atoms with Crippen LogP contribution in [0.5, 0.6) is 17.2 Å². The van der Waals surface area contributed by atoms with Crippen molar-refractivity contribution in [2.24, 2.45) is 0 Å². The van der Waals surface area contributed by atoms with Crippen LogP contribution in [0, 0.1) is 0 Å². The van der Waals surface area contributed by atoms with Gasteiger partial charge in [0.1, 0.15) is 0 Å². The van der Waals surface area contributed by atoms with Crippen molar-refractivity contribution in [2.45, 2.75) is 25.3 Å². The van der Waals surface area contributed by atoms with E-state index in [0.717, 1.165) is 30.5 Å². The Morgan fingerprint density at radius 2 is 1.81 bits per heavy atom. The van der Waals surface area contributed by atoms with Crippen molar-refractivity contribution in [2.75, 3.05) is 27.1 Å². The van der Waals surface area contributed by atoms with E-state index in [-0.39, 0.29) is 24.4 Å². The van der Waals surface area contributed by atoms with Crippen molar-refractivity contribution < 1.29 is 19.0 Å². The van der Waals surface area contributed by atoms with Crippen LogP contribution in [-0.4, -0.2) is 27.2 Å². The van der Waals surface area contributed by atoms with Crippen molar-refractivity contribution in [3.8, 4) is 17.2 Å². The average molecular weight is 393 g/mol. The number of carbonyl (C=O) groups excluding carboxylic acids is 1. The monoisotopic (exact) mass is 392 g/mol. The average Bonchev–Trinajstić information content (AvgIpc) is 2.66. The zero-order valence-corrected chi connectivity index (χ0v) is 16.5. The molecule has 146 valence electrons. The maximum absolute atomic E-state index is 12.9. The van der Waals surface area contributed by atoms with Crippen molar-refractivity contribution >= 4 is 24.0 Å². The van der Waals surface area contributed by atoms with Crippen LogP contribution in [0.15, 0.2) is 30.3 Å². The first-order valence-electron chi connectivity index (χ1n) is 8.57. The summed E-state index contributed by atoms with van der Waals surface area (Å²) >= 11 is 0. The van der Waals surface area contributed by atoms with Crippen LogP contribution in [0.3, 0.4) is 0 Å². The van der Waals surface area contributed by atoms with Gasteiger partial charge in [-0.1, -0.05) is 6.07 Å². The van der Waals surface area contributed by atoms with Gasteiger partial charge < -0.3 is 25.3 Å². The van der Waals surface area contributed by atoms with Gasteiger partial charge in [-0.3, -0.25) is 4.79 Å². The number of rotatable bonds is 5. The van der Waals surface area contributed by atoms with Crippen LogP contribution in [-0.2, 0) is 6.42 Å². The van der Waals surface area contributed by atoms with E-state index < -0.39 is 0 Å². The highest BCUT2D eigenvalue weighted by molar-refractivity contribution is 5.98. The van der Waals surface area contributed by atoms with Gasteiger partial charge in [-0.2, -0.15) is 0 Å². The Labute approximate surface area is 165 Å². The maximum Gasteiger partial charge on any atom is 0.255 e. The first kappa shape index (κ1) is 20.7. The van der Waals surface area contributed by atoms with Crippen LogP contribution in [0.4, 0.5) is 5.69 Å². The Hall–Kier alpha value is -2.60. The van der Waals surface area contributed by atoms with Gasteiger partial charge in [-0.05, 0) is 54.7 Å². The summed E-state index contributed by atoms with van der Waals surface area (Å²) in [6.07, 6.45) is 2.87. The van der Waals surface area contributed by atoms with E-state index in [4.69, 9.17) is 19.9 Å². The van der Waals surface area contributed by atoms with Gasteiger partial charge in [0.25, 0.3) is 5.91 Å². The highest BCUT2D eigenvalue weighted by Gasteiger charge is 2.25. The number of halogens is 1. The molecule has 0 heterocycles. The van der Waals surface area contributed by atoms with Crippen LogP contribution in [0.25, 0.3) is 0 Å². The number of nitrogen functional groups attached to an aromatic ring is 1. The molecule has 0 aliphatic heterocycles. The number of amides is 1. The molecule has 0 radical (unpaired) electrons. The Balaban J connectivity index is 0.00000261. The number of methoxy groups -OCH3 is 3. The molecule has 1 unspecified atom stereocenters. The summed E-state index contributed by atoms with van der Waals surface area (Å²) in [5.41, 5.74) is 9.36. The molecule has 3 N–H and O–H groups in total. The molecule has 1 amide bonds. The summed E-state index contributed by atoms with van der Waals surface area (Å²) in [7, 11) is 4.57. The predicted molar refractivity (Wildman–Crippen MR) is 107 cm³/mol. The van der Waals surface area contributed by atoms with Crippen molar-refractivity contribution in [3.05, 3.63) is 47.0 Å². The smallest absolute Gasteiger partial charge is 0.255 e. The van der Waals surface area contributed by atoms with Gasteiger partial charge in [-0.15, -0.1) is 12.4 Å². The molecular formula is C20H25ClN2O4. The highest BCUT2D eigenvalue weighted by atomic mass is 35.5. The number of nitrogens with one attached hydrogen (secondary N) is 1. The van der Waals surface area contributed by atoms with Crippen LogP contribution >= 0.6 is 12.4 Å². The Bertz CT molecular complexity index is 826. The first-order chi connectivity index (χ1) is 12.6. The van der Waals surface area contributed by atoms with Crippen molar-refractivity contribution in [1.82, 2.24) is 5.32 Å². The number of hydrogen-bond donors (Lipinski definition) is 2. The Morgan fingerprint density at radius 3 is 2.48 bits per heavy atom. The van der Waals surface area contributed by atoms with Gasteiger partial charge >= 0.3 is 0 Å². The number of fused-ring (bicyclic) bond motifs is 1. The van der Waals surface area contributed by atoms with E-state index in [9.17, 15) is 4.79 Å². The molecule has 1 atom stereocenters. The number of ether oxygens (including phenoxy) is 3. The van der Waals surface area contributed by atoms with Crippen LogP contribution in [0.2, 0.25) is 0 Å². The van der Waals surface area contributed by atoms with Gasteiger partial charge in [0.15, 0.2) is 11.5 Å². The van der Waals surface area contributed by atoms with E-state index in [1.807, 2.05) is 18.2 Å². The summed E-state index contributed by atoms with van der Waals surface area (Å²) < 4.78 is 16.1. The summed E-state index contributed by atoms with van der Waals surface area (Å²) in [4.78, 5) is 12.9. The quantitative estimate of drug-likeness (QED) is 0.760. The minimum Gasteiger partial charge on any atom is -0.493 e. The minimum absolute atomic E-state index is 0. The molecule has 1 aliphatic rings. The summed E-state index contributed by atoms with van der Waals surface area (Å²) in [5.74, 6) is 1.06. The maximum atomic E-state index is 12.9. The lowest BCUT2D eigenvalue weighted by Crippen LogP contribution is -2.31. The Morgan fingerprint density at radius 1 is 1.07 bits per heavy atom. The molecule has 0 spiro atoms.